The van der Waals surface area contributed by atoms with Gasteiger partial charge in [0.15, 0.2) is 9.84 Å². The lowest BCUT2D eigenvalue weighted by molar-refractivity contribution is 0.604. The molecule has 0 unspecified atom stereocenters. The van der Waals surface area contributed by atoms with E-state index in [1.54, 1.807) is 13.8 Å². The first-order valence-electron chi connectivity index (χ1n) is 3.78. The molecule has 0 radical (unpaired) electrons. The molecule has 0 aromatic carbocycles. The Morgan fingerprint density at radius 3 is 2.15 bits per heavy atom. The van der Waals surface area contributed by atoms with E-state index in [4.69, 9.17) is 0 Å². The van der Waals surface area contributed by atoms with Crippen LogP contribution in [-0.2, 0) is 9.84 Å². The van der Waals surface area contributed by atoms with Crippen molar-refractivity contribution >= 4 is 9.84 Å². The summed E-state index contributed by atoms with van der Waals surface area (Å²) in [6.07, 6.45) is 0. The molecule has 1 aromatic heterocycles. The minimum absolute atomic E-state index is 0.257. The fourth-order valence-corrected chi connectivity index (χ4v) is 1.92. The van der Waals surface area contributed by atoms with Gasteiger partial charge in [-0.3, -0.25) is 4.98 Å². The largest absolute Gasteiger partial charge is 0.258 e. The maximum Gasteiger partial charge on any atom is 0.199 e. The molecule has 3 nitrogen and oxygen atoms in total. The van der Waals surface area contributed by atoms with Crippen LogP contribution in [0.4, 0.5) is 0 Å². The van der Waals surface area contributed by atoms with Crippen LogP contribution in [0, 0.1) is 13.8 Å². The lowest BCUT2D eigenvalue weighted by Crippen LogP contribution is -1.98. The zero-order valence-electron chi connectivity index (χ0n) is 7.61. The summed E-state index contributed by atoms with van der Waals surface area (Å²) in [5, 5.41) is 0.946. The number of nitrogens with zero attached hydrogens (tertiary/aromatic N) is 1. The quantitative estimate of drug-likeness (QED) is 0.723. The number of aromatic nitrogens is 1. The van der Waals surface area contributed by atoms with E-state index in [9.17, 15) is 8.42 Å². The Kier molecular flexibility index (Phi) is 2.52. The second-order valence-electron chi connectivity index (χ2n) is 2.80. The summed E-state index contributed by atoms with van der Waals surface area (Å²) < 4.78 is 22.7. The van der Waals surface area contributed by atoms with E-state index in [1.807, 2.05) is 0 Å². The van der Waals surface area contributed by atoms with Gasteiger partial charge in [0.25, 0.3) is 0 Å². The molecule has 1 aromatic rings. The standard InChI is InChI=1S/C9H11NO2S/c1-4-13(11,12)9-5-7(2)10-8(3)6-9/h4-6H,1H2,2-3H3. The average molecular weight is 197 g/mol. The zero-order chi connectivity index (χ0) is 10.1. The van der Waals surface area contributed by atoms with Gasteiger partial charge in [-0.05, 0) is 26.0 Å². The summed E-state index contributed by atoms with van der Waals surface area (Å²) in [5.74, 6) is 0. The molecule has 0 aliphatic carbocycles. The van der Waals surface area contributed by atoms with E-state index < -0.39 is 9.84 Å². The van der Waals surface area contributed by atoms with Crippen molar-refractivity contribution in [2.45, 2.75) is 18.7 Å². The summed E-state index contributed by atoms with van der Waals surface area (Å²) in [5.41, 5.74) is 1.39. The molecule has 0 saturated heterocycles. The smallest absolute Gasteiger partial charge is 0.199 e. The van der Waals surface area contributed by atoms with Crippen molar-refractivity contribution in [3.63, 3.8) is 0 Å². The third-order valence-corrected chi connectivity index (χ3v) is 2.93. The van der Waals surface area contributed by atoms with Crippen LogP contribution in [0.2, 0.25) is 0 Å². The Hall–Kier alpha value is -1.16. The first-order valence-corrected chi connectivity index (χ1v) is 5.33. The predicted molar refractivity (Wildman–Crippen MR) is 51.1 cm³/mol. The molecule has 0 atom stereocenters. The Morgan fingerprint density at radius 2 is 1.77 bits per heavy atom. The molecule has 13 heavy (non-hydrogen) atoms. The molecule has 0 N–H and O–H groups in total. The van der Waals surface area contributed by atoms with Gasteiger partial charge < -0.3 is 0 Å². The zero-order valence-corrected chi connectivity index (χ0v) is 8.43. The van der Waals surface area contributed by atoms with Crippen molar-refractivity contribution < 1.29 is 8.42 Å². The van der Waals surface area contributed by atoms with E-state index in [0.29, 0.717) is 11.4 Å². The SMILES string of the molecule is C=CS(=O)(=O)c1cc(C)nc(C)c1. The van der Waals surface area contributed by atoms with Gasteiger partial charge in [-0.15, -0.1) is 0 Å². The molecule has 1 rings (SSSR count). The first kappa shape index (κ1) is 9.92. The van der Waals surface area contributed by atoms with Crippen LogP contribution in [0.5, 0.6) is 0 Å². The van der Waals surface area contributed by atoms with Crippen molar-refractivity contribution in [1.29, 1.82) is 0 Å². The fourth-order valence-electron chi connectivity index (χ4n) is 1.06. The highest BCUT2D eigenvalue weighted by Gasteiger charge is 2.10. The average Bonchev–Trinajstić information content (AvgIpc) is 2.02. The van der Waals surface area contributed by atoms with Crippen molar-refractivity contribution in [2.24, 2.45) is 0 Å². The van der Waals surface area contributed by atoms with E-state index >= 15 is 0 Å². The van der Waals surface area contributed by atoms with Crippen LogP contribution in [0.3, 0.4) is 0 Å². The summed E-state index contributed by atoms with van der Waals surface area (Å²) in [6.45, 7) is 6.78. The maximum atomic E-state index is 11.4. The van der Waals surface area contributed by atoms with Gasteiger partial charge in [-0.25, -0.2) is 8.42 Å². The van der Waals surface area contributed by atoms with E-state index in [-0.39, 0.29) is 4.90 Å². The molecule has 0 amide bonds. The summed E-state index contributed by atoms with van der Waals surface area (Å²) >= 11 is 0. The number of hydrogen-bond donors (Lipinski definition) is 0. The Bertz CT molecular complexity index is 415. The number of rotatable bonds is 2. The second kappa shape index (κ2) is 3.30. The molecular weight excluding hydrogens is 186 g/mol. The van der Waals surface area contributed by atoms with E-state index in [2.05, 4.69) is 11.6 Å². The summed E-state index contributed by atoms with van der Waals surface area (Å²) in [6, 6.07) is 3.06. The molecule has 70 valence electrons. The van der Waals surface area contributed by atoms with Crippen LogP contribution >= 0.6 is 0 Å². The summed E-state index contributed by atoms with van der Waals surface area (Å²) in [7, 11) is -3.32. The van der Waals surface area contributed by atoms with Gasteiger partial charge in [0.2, 0.25) is 0 Å². The minimum atomic E-state index is -3.32. The van der Waals surface area contributed by atoms with Gasteiger partial charge in [-0.1, -0.05) is 6.58 Å². The molecule has 0 aliphatic rings. The third-order valence-electron chi connectivity index (χ3n) is 1.60. The van der Waals surface area contributed by atoms with Crippen LogP contribution < -0.4 is 0 Å². The third kappa shape index (κ3) is 2.15. The Labute approximate surface area is 78.0 Å². The van der Waals surface area contributed by atoms with Gasteiger partial charge in [0, 0.05) is 16.8 Å². The number of hydrogen-bond acceptors (Lipinski definition) is 3. The van der Waals surface area contributed by atoms with Crippen molar-refractivity contribution in [2.75, 3.05) is 0 Å². The predicted octanol–water partition coefficient (Wildman–Crippen LogP) is 1.62. The molecule has 0 spiro atoms. The first-order chi connectivity index (χ1) is 5.95. The Morgan fingerprint density at radius 1 is 1.31 bits per heavy atom. The number of aryl methyl sites for hydroxylation is 2. The van der Waals surface area contributed by atoms with E-state index in [1.165, 1.54) is 12.1 Å². The van der Waals surface area contributed by atoms with Crippen LogP contribution in [-0.4, -0.2) is 13.4 Å². The molecule has 4 heteroatoms. The highest BCUT2D eigenvalue weighted by atomic mass is 32.2. The number of sulfone groups is 1. The normalized spacial score (nSPS) is 11.2. The van der Waals surface area contributed by atoms with Gasteiger partial charge in [0.1, 0.15) is 0 Å². The van der Waals surface area contributed by atoms with Crippen LogP contribution in [0.15, 0.2) is 29.0 Å². The van der Waals surface area contributed by atoms with Gasteiger partial charge >= 0.3 is 0 Å². The molecule has 0 bridgehead atoms. The molecule has 1 heterocycles. The maximum absolute atomic E-state index is 11.4. The second-order valence-corrected chi connectivity index (χ2v) is 4.69. The van der Waals surface area contributed by atoms with Crippen molar-refractivity contribution in [3.05, 3.63) is 35.5 Å². The molecule has 0 aliphatic heterocycles. The fraction of sp³-hybridized carbons (Fsp3) is 0.222. The van der Waals surface area contributed by atoms with E-state index in [0.717, 1.165) is 5.41 Å². The summed E-state index contributed by atoms with van der Waals surface area (Å²) in [4.78, 5) is 4.34. The highest BCUT2D eigenvalue weighted by molar-refractivity contribution is 7.94. The minimum Gasteiger partial charge on any atom is -0.258 e. The lowest BCUT2D eigenvalue weighted by atomic mass is 10.3. The Balaban J connectivity index is 3.40. The topological polar surface area (TPSA) is 47.0 Å². The monoisotopic (exact) mass is 197 g/mol. The van der Waals surface area contributed by atoms with Gasteiger partial charge in [0.05, 0.1) is 4.90 Å². The lowest BCUT2D eigenvalue weighted by Gasteiger charge is -2.01. The highest BCUT2D eigenvalue weighted by Crippen LogP contribution is 2.13. The van der Waals surface area contributed by atoms with Crippen molar-refractivity contribution in [3.8, 4) is 0 Å². The van der Waals surface area contributed by atoms with Gasteiger partial charge in [-0.2, -0.15) is 0 Å². The van der Waals surface area contributed by atoms with Crippen LogP contribution in [0.25, 0.3) is 0 Å². The van der Waals surface area contributed by atoms with Crippen LogP contribution in [0.1, 0.15) is 11.4 Å². The molecule has 0 saturated carbocycles. The molecule has 0 fully saturated rings. The molecular formula is C9H11NO2S. The number of pyridine rings is 1. The van der Waals surface area contributed by atoms with Crippen molar-refractivity contribution in [1.82, 2.24) is 4.98 Å².